The van der Waals surface area contributed by atoms with Gasteiger partial charge in [-0.3, -0.25) is 4.79 Å². The van der Waals surface area contributed by atoms with Crippen molar-refractivity contribution in [2.75, 3.05) is 49.7 Å². The molecular weight excluding hydrogens is 346 g/mol. The number of carbonyl (C=O) groups is 1. The molecule has 1 unspecified atom stereocenters. The number of rotatable bonds is 5. The van der Waals surface area contributed by atoms with E-state index < -0.39 is 0 Å². The predicted molar refractivity (Wildman–Crippen MR) is 102 cm³/mol. The Bertz CT molecular complexity index is 752. The van der Waals surface area contributed by atoms with E-state index in [4.69, 9.17) is 14.2 Å². The first kappa shape index (κ1) is 17.8. The summed E-state index contributed by atoms with van der Waals surface area (Å²) in [7, 11) is 0. The van der Waals surface area contributed by atoms with Gasteiger partial charge in [-0.2, -0.15) is 0 Å². The van der Waals surface area contributed by atoms with E-state index in [-0.39, 0.29) is 12.0 Å². The molecule has 1 amide bonds. The van der Waals surface area contributed by atoms with E-state index in [9.17, 15) is 4.79 Å². The smallest absolute Gasteiger partial charge is 0.257 e. The number of hydrogen-bond donors (Lipinski definition) is 1. The number of benzene rings is 1. The minimum Gasteiger partial charge on any atom is -0.472 e. The van der Waals surface area contributed by atoms with Crippen LogP contribution in [0.1, 0.15) is 16.8 Å². The molecule has 2 saturated heterocycles. The lowest BCUT2D eigenvalue weighted by molar-refractivity contribution is 0.102. The van der Waals surface area contributed by atoms with Crippen LogP contribution in [0.15, 0.2) is 42.6 Å². The number of amides is 1. The lowest BCUT2D eigenvalue weighted by Crippen LogP contribution is -2.36. The Kier molecular flexibility index (Phi) is 5.50. The first-order chi connectivity index (χ1) is 13.3. The van der Waals surface area contributed by atoms with E-state index in [0.29, 0.717) is 18.1 Å². The van der Waals surface area contributed by atoms with Crippen LogP contribution < -0.4 is 15.0 Å². The number of hydrogen-bond acceptors (Lipinski definition) is 6. The average Bonchev–Trinajstić information content (AvgIpc) is 3.23. The fraction of sp³-hybridized carbons (Fsp3) is 0.400. The summed E-state index contributed by atoms with van der Waals surface area (Å²) in [5, 5.41) is 2.90. The summed E-state index contributed by atoms with van der Waals surface area (Å²) in [5.74, 6) is 0.314. The molecule has 2 fully saturated rings. The Hall–Kier alpha value is -2.64. The highest BCUT2D eigenvalue weighted by Crippen LogP contribution is 2.20. The average molecular weight is 369 g/mol. The fourth-order valence-corrected chi connectivity index (χ4v) is 3.14. The van der Waals surface area contributed by atoms with Crippen molar-refractivity contribution in [3.63, 3.8) is 0 Å². The van der Waals surface area contributed by atoms with Crippen LogP contribution in [0.4, 0.5) is 11.4 Å². The SMILES string of the molecule is O=C(Nc1ccc(N2CCOCC2)cc1)c1ccc(OC2CCOC2)nc1. The lowest BCUT2D eigenvalue weighted by Gasteiger charge is -2.28. The quantitative estimate of drug-likeness (QED) is 0.872. The number of nitrogens with zero attached hydrogens (tertiary/aromatic N) is 2. The summed E-state index contributed by atoms with van der Waals surface area (Å²) >= 11 is 0. The van der Waals surface area contributed by atoms with Gasteiger partial charge in [-0.15, -0.1) is 0 Å². The number of morpholine rings is 1. The van der Waals surface area contributed by atoms with E-state index in [0.717, 1.165) is 50.7 Å². The molecule has 2 aliphatic heterocycles. The van der Waals surface area contributed by atoms with Crippen LogP contribution in [-0.2, 0) is 9.47 Å². The number of aromatic nitrogens is 1. The number of nitrogens with one attached hydrogen (secondary N) is 1. The third-order valence-corrected chi connectivity index (χ3v) is 4.68. The van der Waals surface area contributed by atoms with Crippen molar-refractivity contribution >= 4 is 17.3 Å². The van der Waals surface area contributed by atoms with Gasteiger partial charge in [-0.1, -0.05) is 0 Å². The highest BCUT2D eigenvalue weighted by Gasteiger charge is 2.18. The molecule has 3 heterocycles. The minimum absolute atomic E-state index is 0.0437. The Morgan fingerprint density at radius 1 is 1.07 bits per heavy atom. The maximum absolute atomic E-state index is 12.4. The van der Waals surface area contributed by atoms with E-state index in [1.54, 1.807) is 12.1 Å². The van der Waals surface area contributed by atoms with Gasteiger partial charge in [0.15, 0.2) is 0 Å². The summed E-state index contributed by atoms with van der Waals surface area (Å²) < 4.78 is 16.4. The van der Waals surface area contributed by atoms with Gasteiger partial charge in [0.25, 0.3) is 5.91 Å². The molecule has 7 nitrogen and oxygen atoms in total. The lowest BCUT2D eigenvalue weighted by atomic mass is 10.2. The van der Waals surface area contributed by atoms with Gasteiger partial charge in [0.05, 0.1) is 32.0 Å². The Labute approximate surface area is 158 Å². The van der Waals surface area contributed by atoms with Crippen LogP contribution >= 0.6 is 0 Å². The third-order valence-electron chi connectivity index (χ3n) is 4.68. The van der Waals surface area contributed by atoms with Crippen molar-refractivity contribution < 1.29 is 19.0 Å². The largest absolute Gasteiger partial charge is 0.472 e. The molecule has 0 saturated carbocycles. The van der Waals surface area contributed by atoms with E-state index in [1.165, 1.54) is 6.20 Å². The van der Waals surface area contributed by atoms with Gasteiger partial charge < -0.3 is 24.4 Å². The number of pyridine rings is 1. The molecule has 7 heteroatoms. The number of carbonyl (C=O) groups excluding carboxylic acids is 1. The summed E-state index contributed by atoms with van der Waals surface area (Å²) in [6, 6.07) is 11.3. The van der Waals surface area contributed by atoms with Gasteiger partial charge in [0, 0.05) is 43.1 Å². The van der Waals surface area contributed by atoms with Crippen molar-refractivity contribution in [1.29, 1.82) is 0 Å². The molecular formula is C20H23N3O4. The van der Waals surface area contributed by atoms with Crippen molar-refractivity contribution in [2.24, 2.45) is 0 Å². The van der Waals surface area contributed by atoms with Crippen molar-refractivity contribution in [3.05, 3.63) is 48.2 Å². The van der Waals surface area contributed by atoms with Crippen LogP contribution in [0.2, 0.25) is 0 Å². The molecule has 1 N–H and O–H groups in total. The maximum Gasteiger partial charge on any atom is 0.257 e. The molecule has 4 rings (SSSR count). The Balaban J connectivity index is 1.34. The molecule has 1 aromatic carbocycles. The first-order valence-electron chi connectivity index (χ1n) is 9.22. The zero-order chi connectivity index (χ0) is 18.5. The summed E-state index contributed by atoms with van der Waals surface area (Å²) in [6.45, 7) is 4.58. The number of ether oxygens (including phenoxy) is 3. The van der Waals surface area contributed by atoms with Crippen LogP contribution in [0, 0.1) is 0 Å². The topological polar surface area (TPSA) is 72.9 Å². The fourth-order valence-electron chi connectivity index (χ4n) is 3.14. The van der Waals surface area contributed by atoms with Crippen LogP contribution in [-0.4, -0.2) is 56.5 Å². The van der Waals surface area contributed by atoms with Gasteiger partial charge in [0.1, 0.15) is 6.10 Å². The normalized spacial score (nSPS) is 19.7. The van der Waals surface area contributed by atoms with Gasteiger partial charge >= 0.3 is 0 Å². The van der Waals surface area contributed by atoms with Crippen molar-refractivity contribution in [3.8, 4) is 5.88 Å². The van der Waals surface area contributed by atoms with E-state index in [1.807, 2.05) is 24.3 Å². The second-order valence-electron chi connectivity index (χ2n) is 6.59. The molecule has 142 valence electrons. The second-order valence-corrected chi connectivity index (χ2v) is 6.59. The summed E-state index contributed by atoms with van der Waals surface area (Å²) in [5.41, 5.74) is 2.37. The third kappa shape index (κ3) is 4.56. The molecule has 0 spiro atoms. The van der Waals surface area contributed by atoms with Crippen LogP contribution in [0.3, 0.4) is 0 Å². The monoisotopic (exact) mass is 369 g/mol. The highest BCUT2D eigenvalue weighted by molar-refractivity contribution is 6.04. The Morgan fingerprint density at radius 2 is 1.89 bits per heavy atom. The molecule has 2 aromatic rings. The van der Waals surface area contributed by atoms with E-state index in [2.05, 4.69) is 15.2 Å². The minimum atomic E-state index is -0.197. The van der Waals surface area contributed by atoms with Crippen molar-refractivity contribution in [2.45, 2.75) is 12.5 Å². The second kappa shape index (κ2) is 8.37. The standard InChI is InChI=1S/C20H23N3O4/c24-20(15-1-6-19(21-13-15)27-18-7-10-26-14-18)22-16-2-4-17(5-3-16)23-8-11-25-12-9-23/h1-6,13,18H,7-12,14H2,(H,22,24). The Morgan fingerprint density at radius 3 is 2.56 bits per heavy atom. The summed E-state index contributed by atoms with van der Waals surface area (Å²) in [4.78, 5) is 18.9. The molecule has 1 atom stereocenters. The van der Waals surface area contributed by atoms with E-state index >= 15 is 0 Å². The van der Waals surface area contributed by atoms with Gasteiger partial charge in [-0.05, 0) is 30.3 Å². The highest BCUT2D eigenvalue weighted by atomic mass is 16.5. The molecule has 0 aliphatic carbocycles. The van der Waals surface area contributed by atoms with Gasteiger partial charge in [0.2, 0.25) is 5.88 Å². The first-order valence-corrected chi connectivity index (χ1v) is 9.22. The molecule has 27 heavy (non-hydrogen) atoms. The molecule has 0 radical (unpaired) electrons. The zero-order valence-corrected chi connectivity index (χ0v) is 15.1. The maximum atomic E-state index is 12.4. The van der Waals surface area contributed by atoms with Gasteiger partial charge in [-0.25, -0.2) is 4.98 Å². The van der Waals surface area contributed by atoms with Crippen molar-refractivity contribution in [1.82, 2.24) is 4.98 Å². The zero-order valence-electron chi connectivity index (χ0n) is 15.1. The predicted octanol–water partition coefficient (Wildman–Crippen LogP) is 2.34. The molecule has 0 bridgehead atoms. The van der Waals surface area contributed by atoms with Crippen LogP contribution in [0.5, 0.6) is 5.88 Å². The molecule has 2 aliphatic rings. The van der Waals surface area contributed by atoms with Crippen LogP contribution in [0.25, 0.3) is 0 Å². The molecule has 1 aromatic heterocycles. The summed E-state index contributed by atoms with van der Waals surface area (Å²) in [6.07, 6.45) is 2.44. The number of anilines is 2.